The molecule has 0 saturated carbocycles. The number of hydrogen-bond donors (Lipinski definition) is 1. The van der Waals surface area contributed by atoms with Crippen LogP contribution in [-0.2, 0) is 4.74 Å². The van der Waals surface area contributed by atoms with Gasteiger partial charge in [0.05, 0.1) is 12.2 Å². The van der Waals surface area contributed by atoms with E-state index in [0.717, 1.165) is 6.42 Å². The molecule has 0 aromatic rings. The lowest BCUT2D eigenvalue weighted by atomic mass is 9.99. The van der Waals surface area contributed by atoms with Crippen LogP contribution in [0.1, 0.15) is 39.0 Å². The second kappa shape index (κ2) is 5.02. The number of hydrogen-bond acceptors (Lipinski definition) is 2. The van der Waals surface area contributed by atoms with Gasteiger partial charge in [0.25, 0.3) is 0 Å². The van der Waals surface area contributed by atoms with E-state index in [-0.39, 0.29) is 6.10 Å². The van der Waals surface area contributed by atoms with Gasteiger partial charge in [-0.2, -0.15) is 0 Å². The number of nitrogens with one attached hydrogen (secondary N) is 1. The van der Waals surface area contributed by atoms with Crippen LogP contribution in [0.25, 0.3) is 0 Å². The number of fused-ring (bicyclic) bond motifs is 2. The van der Waals surface area contributed by atoms with Gasteiger partial charge in [0.1, 0.15) is 0 Å². The molecule has 0 radical (unpaired) electrons. The van der Waals surface area contributed by atoms with E-state index in [9.17, 15) is 0 Å². The van der Waals surface area contributed by atoms with Crippen LogP contribution < -0.4 is 5.32 Å². The zero-order valence-electron chi connectivity index (χ0n) is 11.2. The van der Waals surface area contributed by atoms with Crippen molar-refractivity contribution in [2.75, 3.05) is 0 Å². The van der Waals surface area contributed by atoms with Crippen LogP contribution in [0, 0.1) is 0 Å². The summed E-state index contributed by atoms with van der Waals surface area (Å²) in [5, 5.41) is 3.66. The molecule has 2 nitrogen and oxygen atoms in total. The standard InChI is InChI=1S/C16H23NO/c1-11-5-3-4-6-12(2)16(11)18-15-9-13-7-8-14(10-15)17-13/h3-4,6,13-17H,1,5,7-10H2,2H3. The van der Waals surface area contributed by atoms with Crippen molar-refractivity contribution in [1.82, 2.24) is 5.32 Å². The highest BCUT2D eigenvalue weighted by Gasteiger charge is 2.35. The van der Waals surface area contributed by atoms with E-state index in [1.807, 2.05) is 0 Å². The molecule has 2 heterocycles. The number of ether oxygens (including phenoxy) is 1. The van der Waals surface area contributed by atoms with Gasteiger partial charge in [0, 0.05) is 12.1 Å². The van der Waals surface area contributed by atoms with Gasteiger partial charge in [-0.3, -0.25) is 0 Å². The fourth-order valence-corrected chi connectivity index (χ4v) is 3.47. The van der Waals surface area contributed by atoms with E-state index in [0.29, 0.717) is 18.2 Å². The molecular formula is C16H23NO. The lowest BCUT2D eigenvalue weighted by Crippen LogP contribution is -2.42. The summed E-state index contributed by atoms with van der Waals surface area (Å²) in [4.78, 5) is 0. The van der Waals surface area contributed by atoms with Crippen molar-refractivity contribution in [3.8, 4) is 0 Å². The summed E-state index contributed by atoms with van der Waals surface area (Å²) < 4.78 is 6.37. The summed E-state index contributed by atoms with van der Waals surface area (Å²) in [6.07, 6.45) is 12.9. The first kappa shape index (κ1) is 12.2. The molecular weight excluding hydrogens is 222 g/mol. The maximum Gasteiger partial charge on any atom is 0.1000 e. The Morgan fingerprint density at radius 1 is 1.28 bits per heavy atom. The minimum Gasteiger partial charge on any atom is -0.366 e. The molecule has 3 atom stereocenters. The van der Waals surface area contributed by atoms with Crippen LogP contribution >= 0.6 is 0 Å². The maximum absolute atomic E-state index is 6.37. The second-order valence-electron chi connectivity index (χ2n) is 5.95. The first-order valence-electron chi connectivity index (χ1n) is 7.15. The van der Waals surface area contributed by atoms with E-state index in [2.05, 4.69) is 37.0 Å². The average molecular weight is 245 g/mol. The zero-order valence-corrected chi connectivity index (χ0v) is 11.2. The molecule has 1 aliphatic carbocycles. The average Bonchev–Trinajstić information content (AvgIpc) is 2.62. The Labute approximate surface area is 110 Å². The minimum atomic E-state index is 0.127. The molecule has 1 N–H and O–H groups in total. The Bertz CT molecular complexity index is 384. The lowest BCUT2D eigenvalue weighted by Gasteiger charge is -2.33. The zero-order chi connectivity index (χ0) is 12.5. The molecule has 0 aromatic heterocycles. The SMILES string of the molecule is C=C1CC=CC=C(C)C1OC1CC2CCC(C1)N2. The third-order valence-electron chi connectivity index (χ3n) is 4.42. The van der Waals surface area contributed by atoms with Crippen LogP contribution in [0.5, 0.6) is 0 Å². The van der Waals surface area contributed by atoms with Gasteiger partial charge in [-0.05, 0) is 50.2 Å². The Hall–Kier alpha value is -0.860. The summed E-state index contributed by atoms with van der Waals surface area (Å²) in [6.45, 7) is 6.35. The largest absolute Gasteiger partial charge is 0.366 e. The van der Waals surface area contributed by atoms with Crippen molar-refractivity contribution >= 4 is 0 Å². The minimum absolute atomic E-state index is 0.127. The molecule has 3 unspecified atom stereocenters. The molecule has 2 bridgehead atoms. The topological polar surface area (TPSA) is 21.3 Å². The van der Waals surface area contributed by atoms with E-state index in [4.69, 9.17) is 4.74 Å². The quantitative estimate of drug-likeness (QED) is 0.755. The van der Waals surface area contributed by atoms with E-state index in [1.165, 1.54) is 36.8 Å². The summed E-state index contributed by atoms with van der Waals surface area (Å²) in [7, 11) is 0. The third kappa shape index (κ3) is 2.45. The van der Waals surface area contributed by atoms with Crippen molar-refractivity contribution in [2.24, 2.45) is 0 Å². The predicted octanol–water partition coefficient (Wildman–Crippen LogP) is 3.12. The molecule has 0 spiro atoms. The fourth-order valence-electron chi connectivity index (χ4n) is 3.47. The highest BCUT2D eigenvalue weighted by molar-refractivity contribution is 5.29. The summed E-state index contributed by atoms with van der Waals surface area (Å²) in [5.41, 5.74) is 2.49. The van der Waals surface area contributed by atoms with Gasteiger partial charge >= 0.3 is 0 Å². The summed E-state index contributed by atoms with van der Waals surface area (Å²) in [5.74, 6) is 0. The van der Waals surface area contributed by atoms with Crippen molar-refractivity contribution in [3.05, 3.63) is 36.0 Å². The van der Waals surface area contributed by atoms with Crippen molar-refractivity contribution < 1.29 is 4.74 Å². The van der Waals surface area contributed by atoms with Crippen LogP contribution in [0.2, 0.25) is 0 Å². The van der Waals surface area contributed by atoms with E-state index >= 15 is 0 Å². The molecule has 0 aromatic carbocycles. The maximum atomic E-state index is 6.37. The number of rotatable bonds is 2. The molecule has 2 fully saturated rings. The summed E-state index contributed by atoms with van der Waals surface area (Å²) in [6, 6.07) is 1.38. The normalized spacial score (nSPS) is 39.6. The van der Waals surface area contributed by atoms with E-state index < -0.39 is 0 Å². The molecule has 98 valence electrons. The molecule has 2 saturated heterocycles. The molecule has 0 amide bonds. The smallest absolute Gasteiger partial charge is 0.1000 e. The highest BCUT2D eigenvalue weighted by atomic mass is 16.5. The van der Waals surface area contributed by atoms with Crippen molar-refractivity contribution in [3.63, 3.8) is 0 Å². The molecule has 3 rings (SSSR count). The Morgan fingerprint density at radius 3 is 2.72 bits per heavy atom. The first-order valence-corrected chi connectivity index (χ1v) is 7.15. The number of piperidine rings is 1. The van der Waals surface area contributed by atoms with Crippen LogP contribution in [0.15, 0.2) is 36.0 Å². The van der Waals surface area contributed by atoms with Crippen LogP contribution in [0.4, 0.5) is 0 Å². The Balaban J connectivity index is 1.66. The molecule has 2 heteroatoms. The van der Waals surface area contributed by atoms with Crippen LogP contribution in [0.3, 0.4) is 0 Å². The second-order valence-corrected chi connectivity index (χ2v) is 5.95. The van der Waals surface area contributed by atoms with E-state index in [1.54, 1.807) is 0 Å². The molecule has 18 heavy (non-hydrogen) atoms. The first-order chi connectivity index (χ1) is 8.72. The Kier molecular flexibility index (Phi) is 3.40. The molecule has 2 aliphatic heterocycles. The van der Waals surface area contributed by atoms with Gasteiger partial charge in [-0.1, -0.05) is 24.8 Å². The van der Waals surface area contributed by atoms with Crippen molar-refractivity contribution in [2.45, 2.75) is 63.3 Å². The lowest BCUT2D eigenvalue weighted by molar-refractivity contribution is -0.00342. The van der Waals surface area contributed by atoms with Gasteiger partial charge in [-0.25, -0.2) is 0 Å². The monoisotopic (exact) mass is 245 g/mol. The van der Waals surface area contributed by atoms with Crippen LogP contribution in [-0.4, -0.2) is 24.3 Å². The Morgan fingerprint density at radius 2 is 2.00 bits per heavy atom. The molecule has 3 aliphatic rings. The fraction of sp³-hybridized carbons (Fsp3) is 0.625. The van der Waals surface area contributed by atoms with Gasteiger partial charge in [0.15, 0.2) is 0 Å². The third-order valence-corrected chi connectivity index (χ3v) is 4.42. The summed E-state index contributed by atoms with van der Waals surface area (Å²) >= 11 is 0. The van der Waals surface area contributed by atoms with Gasteiger partial charge in [-0.15, -0.1) is 0 Å². The van der Waals surface area contributed by atoms with Gasteiger partial charge in [0.2, 0.25) is 0 Å². The highest BCUT2D eigenvalue weighted by Crippen LogP contribution is 2.32. The number of allylic oxidation sites excluding steroid dienone is 3. The van der Waals surface area contributed by atoms with Crippen molar-refractivity contribution in [1.29, 1.82) is 0 Å². The predicted molar refractivity (Wildman–Crippen MR) is 74.5 cm³/mol. The van der Waals surface area contributed by atoms with Gasteiger partial charge < -0.3 is 10.1 Å².